The van der Waals surface area contributed by atoms with Crippen molar-refractivity contribution in [3.05, 3.63) is 0 Å². The van der Waals surface area contributed by atoms with Gasteiger partial charge in [-0.3, -0.25) is 4.90 Å². The van der Waals surface area contributed by atoms with Gasteiger partial charge in [-0.1, -0.05) is 0 Å². The first kappa shape index (κ1) is 12.9. The van der Waals surface area contributed by atoms with Crippen molar-refractivity contribution < 1.29 is 0 Å². The SMILES string of the molecule is CC(C)N(CC1CCCN1)C1CN2CCC1CC2. The summed E-state index contributed by atoms with van der Waals surface area (Å²) in [6.07, 6.45) is 5.62. The lowest BCUT2D eigenvalue weighted by molar-refractivity contribution is -0.0116. The zero-order valence-electron chi connectivity index (χ0n) is 12.1. The fourth-order valence-corrected chi connectivity index (χ4v) is 4.21. The maximum Gasteiger partial charge on any atom is 0.0255 e. The van der Waals surface area contributed by atoms with E-state index >= 15 is 0 Å². The van der Waals surface area contributed by atoms with Gasteiger partial charge in [-0.15, -0.1) is 0 Å². The second-order valence-electron chi connectivity index (χ2n) is 6.79. The summed E-state index contributed by atoms with van der Waals surface area (Å²) in [5.41, 5.74) is 0. The quantitative estimate of drug-likeness (QED) is 0.818. The molecule has 0 amide bonds. The minimum absolute atomic E-state index is 0.693. The van der Waals surface area contributed by atoms with E-state index in [1.54, 1.807) is 0 Å². The van der Waals surface area contributed by atoms with E-state index < -0.39 is 0 Å². The van der Waals surface area contributed by atoms with Crippen LogP contribution >= 0.6 is 0 Å². The minimum atomic E-state index is 0.693. The number of hydrogen-bond acceptors (Lipinski definition) is 3. The molecule has 1 N–H and O–H groups in total. The van der Waals surface area contributed by atoms with Gasteiger partial charge in [0.25, 0.3) is 0 Å². The van der Waals surface area contributed by atoms with Gasteiger partial charge in [0, 0.05) is 31.2 Å². The van der Waals surface area contributed by atoms with Crippen LogP contribution in [0.4, 0.5) is 0 Å². The summed E-state index contributed by atoms with van der Waals surface area (Å²) in [7, 11) is 0. The lowest BCUT2D eigenvalue weighted by Crippen LogP contribution is -2.60. The Balaban J connectivity index is 1.65. The summed E-state index contributed by atoms with van der Waals surface area (Å²) in [5, 5.41) is 3.67. The van der Waals surface area contributed by atoms with Gasteiger partial charge in [-0.25, -0.2) is 0 Å². The van der Waals surface area contributed by atoms with Crippen LogP contribution in [0.3, 0.4) is 0 Å². The summed E-state index contributed by atoms with van der Waals surface area (Å²) in [6.45, 7) is 11.3. The Bertz CT molecular complexity index is 265. The molecule has 3 heteroatoms. The number of nitrogens with zero attached hydrogens (tertiary/aromatic N) is 2. The van der Waals surface area contributed by atoms with Gasteiger partial charge in [0.15, 0.2) is 0 Å². The van der Waals surface area contributed by atoms with Crippen molar-refractivity contribution >= 4 is 0 Å². The van der Waals surface area contributed by atoms with E-state index in [9.17, 15) is 0 Å². The van der Waals surface area contributed by atoms with Crippen LogP contribution in [0.5, 0.6) is 0 Å². The molecule has 18 heavy (non-hydrogen) atoms. The molecule has 0 radical (unpaired) electrons. The van der Waals surface area contributed by atoms with E-state index in [2.05, 4.69) is 29.0 Å². The molecule has 2 atom stereocenters. The molecule has 4 rings (SSSR count). The van der Waals surface area contributed by atoms with Gasteiger partial charge in [-0.2, -0.15) is 0 Å². The molecule has 104 valence electrons. The van der Waals surface area contributed by atoms with Gasteiger partial charge in [0.2, 0.25) is 0 Å². The van der Waals surface area contributed by atoms with Crippen LogP contribution in [-0.4, -0.2) is 60.6 Å². The van der Waals surface area contributed by atoms with E-state index in [4.69, 9.17) is 0 Å². The zero-order chi connectivity index (χ0) is 12.5. The first-order valence-electron chi connectivity index (χ1n) is 7.95. The largest absolute Gasteiger partial charge is 0.313 e. The molecule has 0 aliphatic carbocycles. The average Bonchev–Trinajstić information content (AvgIpc) is 2.90. The molecule has 3 nitrogen and oxygen atoms in total. The van der Waals surface area contributed by atoms with Gasteiger partial charge in [0.1, 0.15) is 0 Å². The molecule has 0 spiro atoms. The number of piperidine rings is 3. The maximum atomic E-state index is 3.67. The third-order valence-electron chi connectivity index (χ3n) is 5.30. The molecule has 4 saturated heterocycles. The monoisotopic (exact) mass is 251 g/mol. The lowest BCUT2D eigenvalue weighted by Gasteiger charge is -2.51. The number of rotatable bonds is 4. The summed E-state index contributed by atoms with van der Waals surface area (Å²) in [5.74, 6) is 0.971. The highest BCUT2D eigenvalue weighted by Crippen LogP contribution is 2.32. The van der Waals surface area contributed by atoms with Crippen LogP contribution in [0.1, 0.15) is 39.5 Å². The van der Waals surface area contributed by atoms with Crippen molar-refractivity contribution in [1.82, 2.24) is 15.1 Å². The fraction of sp³-hybridized carbons (Fsp3) is 1.00. The van der Waals surface area contributed by atoms with Crippen molar-refractivity contribution in [1.29, 1.82) is 0 Å². The van der Waals surface area contributed by atoms with Crippen LogP contribution in [0.25, 0.3) is 0 Å². The standard InChI is InChI=1S/C15H29N3/c1-12(2)18(10-14-4-3-7-16-14)15-11-17-8-5-13(15)6-9-17/h12-16H,3-11H2,1-2H3. The Hall–Kier alpha value is -0.120. The highest BCUT2D eigenvalue weighted by atomic mass is 15.3. The van der Waals surface area contributed by atoms with E-state index in [0.717, 1.165) is 18.0 Å². The van der Waals surface area contributed by atoms with E-state index in [1.807, 2.05) is 0 Å². The summed E-state index contributed by atoms with van der Waals surface area (Å²) >= 11 is 0. The first-order valence-corrected chi connectivity index (χ1v) is 7.95. The molecule has 2 unspecified atom stereocenters. The predicted molar refractivity (Wildman–Crippen MR) is 75.8 cm³/mol. The van der Waals surface area contributed by atoms with Crippen molar-refractivity contribution in [3.63, 3.8) is 0 Å². The molecule has 0 aromatic carbocycles. The third-order valence-corrected chi connectivity index (χ3v) is 5.30. The van der Waals surface area contributed by atoms with Crippen molar-refractivity contribution in [2.75, 3.05) is 32.7 Å². The molecule has 0 saturated carbocycles. The van der Waals surface area contributed by atoms with E-state index in [-0.39, 0.29) is 0 Å². The maximum absolute atomic E-state index is 3.67. The Labute approximate surface area is 112 Å². The summed E-state index contributed by atoms with van der Waals surface area (Å²) in [6, 6.07) is 2.27. The highest BCUT2D eigenvalue weighted by Gasteiger charge is 2.38. The summed E-state index contributed by atoms with van der Waals surface area (Å²) < 4.78 is 0. The first-order chi connectivity index (χ1) is 8.74. The smallest absolute Gasteiger partial charge is 0.0255 e. The molecule has 4 fully saturated rings. The minimum Gasteiger partial charge on any atom is -0.313 e. The van der Waals surface area contributed by atoms with Crippen LogP contribution in [0.15, 0.2) is 0 Å². The second-order valence-corrected chi connectivity index (χ2v) is 6.79. The third kappa shape index (κ3) is 2.59. The molecule has 4 aliphatic rings. The van der Waals surface area contributed by atoms with Crippen molar-refractivity contribution in [2.24, 2.45) is 5.92 Å². The van der Waals surface area contributed by atoms with Crippen LogP contribution in [0.2, 0.25) is 0 Å². The number of nitrogens with one attached hydrogen (secondary N) is 1. The van der Waals surface area contributed by atoms with Crippen LogP contribution < -0.4 is 5.32 Å². The van der Waals surface area contributed by atoms with Gasteiger partial charge < -0.3 is 10.2 Å². The number of hydrogen-bond donors (Lipinski definition) is 1. The van der Waals surface area contributed by atoms with Gasteiger partial charge >= 0.3 is 0 Å². The molecule has 0 aromatic heterocycles. The lowest BCUT2D eigenvalue weighted by atomic mass is 9.82. The van der Waals surface area contributed by atoms with Crippen LogP contribution in [-0.2, 0) is 0 Å². The van der Waals surface area contributed by atoms with E-state index in [1.165, 1.54) is 58.4 Å². The Kier molecular flexibility index (Phi) is 3.92. The van der Waals surface area contributed by atoms with Crippen LogP contribution in [0, 0.1) is 5.92 Å². The Morgan fingerprint density at radius 3 is 2.50 bits per heavy atom. The predicted octanol–water partition coefficient (Wildman–Crippen LogP) is 1.54. The van der Waals surface area contributed by atoms with Gasteiger partial charge in [0.05, 0.1) is 0 Å². The number of fused-ring (bicyclic) bond motifs is 3. The summed E-state index contributed by atoms with van der Waals surface area (Å²) in [4.78, 5) is 5.49. The normalized spacial score (nSPS) is 40.0. The second kappa shape index (κ2) is 5.48. The molecular formula is C15H29N3. The topological polar surface area (TPSA) is 18.5 Å². The molecule has 2 bridgehead atoms. The van der Waals surface area contributed by atoms with Crippen molar-refractivity contribution in [2.45, 2.75) is 57.7 Å². The average molecular weight is 251 g/mol. The highest BCUT2D eigenvalue weighted by molar-refractivity contribution is 4.94. The van der Waals surface area contributed by atoms with E-state index in [0.29, 0.717) is 6.04 Å². The molecule has 4 heterocycles. The molecule has 0 aromatic rings. The molecule has 4 aliphatic heterocycles. The fourth-order valence-electron chi connectivity index (χ4n) is 4.21. The Morgan fingerprint density at radius 2 is 2.00 bits per heavy atom. The van der Waals surface area contributed by atoms with Gasteiger partial charge in [-0.05, 0) is 65.1 Å². The Morgan fingerprint density at radius 1 is 1.22 bits per heavy atom. The van der Waals surface area contributed by atoms with Crippen molar-refractivity contribution in [3.8, 4) is 0 Å². The molecular weight excluding hydrogens is 222 g/mol. The zero-order valence-corrected chi connectivity index (χ0v) is 12.1.